The number of hydrogen-bond acceptors (Lipinski definition) is 5. The maximum Gasteiger partial charge on any atom is 0.263 e. The van der Waals surface area contributed by atoms with Crippen LogP contribution in [0.5, 0.6) is 5.75 Å². The van der Waals surface area contributed by atoms with Crippen molar-refractivity contribution < 1.29 is 13.2 Å². The first-order valence-corrected chi connectivity index (χ1v) is 7.31. The summed E-state index contributed by atoms with van der Waals surface area (Å²) in [6.45, 7) is 1.78. The number of rotatable bonds is 4. The van der Waals surface area contributed by atoms with Gasteiger partial charge in [0.05, 0.1) is 17.7 Å². The van der Waals surface area contributed by atoms with Crippen molar-refractivity contribution in [2.45, 2.75) is 11.8 Å². The Morgan fingerprint density at radius 1 is 1.25 bits per heavy atom. The standard InChI is InChI=1S/C13H15N3O3S/c1-9-4-3-5-13(15-9)16-20(17,18)10-6-7-11(14)12(8-10)19-2/h3-8H,14H2,1-2H3,(H,15,16). The van der Waals surface area contributed by atoms with E-state index in [4.69, 9.17) is 10.5 Å². The van der Waals surface area contributed by atoms with Gasteiger partial charge in [0, 0.05) is 11.8 Å². The molecule has 6 nitrogen and oxygen atoms in total. The van der Waals surface area contributed by atoms with Crippen LogP contribution in [0.25, 0.3) is 0 Å². The van der Waals surface area contributed by atoms with Crippen LogP contribution in [0.15, 0.2) is 41.3 Å². The zero-order valence-electron chi connectivity index (χ0n) is 11.1. The lowest BCUT2D eigenvalue weighted by atomic mass is 10.3. The third-order valence-corrected chi connectivity index (χ3v) is 3.99. The molecular weight excluding hydrogens is 278 g/mol. The number of nitrogens with two attached hydrogens (primary N) is 1. The Hall–Kier alpha value is -2.28. The van der Waals surface area contributed by atoms with Crippen LogP contribution in [0.3, 0.4) is 0 Å². The van der Waals surface area contributed by atoms with Crippen molar-refractivity contribution >= 4 is 21.5 Å². The predicted octanol–water partition coefficient (Wildman–Crippen LogP) is 1.78. The second-order valence-corrected chi connectivity index (χ2v) is 5.86. The summed E-state index contributed by atoms with van der Waals surface area (Å²) in [4.78, 5) is 4.16. The predicted molar refractivity (Wildman–Crippen MR) is 77.2 cm³/mol. The molecule has 0 aliphatic rings. The van der Waals surface area contributed by atoms with Gasteiger partial charge in [-0.15, -0.1) is 0 Å². The van der Waals surface area contributed by atoms with Gasteiger partial charge in [0.15, 0.2) is 0 Å². The lowest BCUT2D eigenvalue weighted by Gasteiger charge is -2.10. The van der Waals surface area contributed by atoms with Gasteiger partial charge in [-0.25, -0.2) is 13.4 Å². The number of methoxy groups -OCH3 is 1. The molecule has 106 valence electrons. The van der Waals surface area contributed by atoms with E-state index in [0.29, 0.717) is 11.4 Å². The Bertz CT molecular complexity index is 729. The van der Waals surface area contributed by atoms with Gasteiger partial charge < -0.3 is 10.5 Å². The van der Waals surface area contributed by atoms with Crippen molar-refractivity contribution in [3.05, 3.63) is 42.1 Å². The molecule has 7 heteroatoms. The Labute approximate surface area is 117 Å². The van der Waals surface area contributed by atoms with E-state index in [1.54, 1.807) is 25.1 Å². The molecule has 0 spiro atoms. The van der Waals surface area contributed by atoms with E-state index in [9.17, 15) is 8.42 Å². The molecule has 1 heterocycles. The summed E-state index contributed by atoms with van der Waals surface area (Å²) in [6, 6.07) is 9.35. The Morgan fingerprint density at radius 3 is 2.65 bits per heavy atom. The van der Waals surface area contributed by atoms with Crippen LogP contribution in [0.4, 0.5) is 11.5 Å². The first-order valence-electron chi connectivity index (χ1n) is 5.82. The smallest absolute Gasteiger partial charge is 0.263 e. The number of pyridine rings is 1. The van der Waals surface area contributed by atoms with Gasteiger partial charge >= 0.3 is 0 Å². The van der Waals surface area contributed by atoms with E-state index < -0.39 is 10.0 Å². The number of aromatic nitrogens is 1. The summed E-state index contributed by atoms with van der Waals surface area (Å²) in [7, 11) is -2.30. The van der Waals surface area contributed by atoms with Gasteiger partial charge in [0.1, 0.15) is 11.6 Å². The van der Waals surface area contributed by atoms with Gasteiger partial charge in [0.25, 0.3) is 10.0 Å². The van der Waals surface area contributed by atoms with E-state index in [2.05, 4.69) is 9.71 Å². The first-order chi connectivity index (χ1) is 9.42. The van der Waals surface area contributed by atoms with Crippen molar-refractivity contribution in [1.82, 2.24) is 4.98 Å². The summed E-state index contributed by atoms with van der Waals surface area (Å²) in [6.07, 6.45) is 0. The number of nitrogens with one attached hydrogen (secondary N) is 1. The van der Waals surface area contributed by atoms with Gasteiger partial charge in [0.2, 0.25) is 0 Å². The van der Waals surface area contributed by atoms with E-state index in [1.165, 1.54) is 25.3 Å². The molecule has 0 unspecified atom stereocenters. The normalized spacial score (nSPS) is 11.1. The van der Waals surface area contributed by atoms with Gasteiger partial charge in [-0.3, -0.25) is 4.72 Å². The topological polar surface area (TPSA) is 94.3 Å². The second-order valence-electron chi connectivity index (χ2n) is 4.17. The minimum atomic E-state index is -3.73. The Kier molecular flexibility index (Phi) is 3.80. The van der Waals surface area contributed by atoms with Crippen molar-refractivity contribution in [1.29, 1.82) is 0 Å². The highest BCUT2D eigenvalue weighted by molar-refractivity contribution is 7.92. The van der Waals surface area contributed by atoms with Crippen molar-refractivity contribution in [3.63, 3.8) is 0 Å². The highest BCUT2D eigenvalue weighted by Gasteiger charge is 2.16. The summed E-state index contributed by atoms with van der Waals surface area (Å²) in [5.74, 6) is 0.575. The molecule has 1 aromatic carbocycles. The van der Waals surface area contributed by atoms with E-state index in [-0.39, 0.29) is 10.7 Å². The number of benzene rings is 1. The number of nitrogens with zero attached hydrogens (tertiary/aromatic N) is 1. The molecule has 0 amide bonds. The summed E-state index contributed by atoms with van der Waals surface area (Å²) < 4.78 is 31.9. The van der Waals surface area contributed by atoms with Crippen molar-refractivity contribution in [2.75, 3.05) is 17.6 Å². The van der Waals surface area contributed by atoms with Crippen molar-refractivity contribution in [2.24, 2.45) is 0 Å². The van der Waals surface area contributed by atoms with E-state index in [1.807, 2.05) is 0 Å². The van der Waals surface area contributed by atoms with Crippen LogP contribution in [0.2, 0.25) is 0 Å². The molecule has 0 bridgehead atoms. The van der Waals surface area contributed by atoms with Gasteiger partial charge in [-0.05, 0) is 31.2 Å². The molecule has 0 radical (unpaired) electrons. The second kappa shape index (κ2) is 5.38. The fraction of sp³-hybridized carbons (Fsp3) is 0.154. The van der Waals surface area contributed by atoms with E-state index in [0.717, 1.165) is 5.69 Å². The lowest BCUT2D eigenvalue weighted by Crippen LogP contribution is -2.14. The lowest BCUT2D eigenvalue weighted by molar-refractivity contribution is 0.415. The number of sulfonamides is 1. The molecule has 0 saturated carbocycles. The molecule has 20 heavy (non-hydrogen) atoms. The third-order valence-electron chi connectivity index (χ3n) is 2.64. The molecule has 0 aliphatic carbocycles. The minimum absolute atomic E-state index is 0.0619. The largest absolute Gasteiger partial charge is 0.495 e. The number of aryl methyl sites for hydroxylation is 1. The summed E-state index contributed by atoms with van der Waals surface area (Å²) >= 11 is 0. The monoisotopic (exact) mass is 293 g/mol. The minimum Gasteiger partial charge on any atom is -0.495 e. The average Bonchev–Trinajstić information content (AvgIpc) is 2.38. The molecule has 3 N–H and O–H groups in total. The number of nitrogen functional groups attached to an aromatic ring is 1. The molecular formula is C13H15N3O3S. The van der Waals surface area contributed by atoms with Gasteiger partial charge in [-0.1, -0.05) is 6.07 Å². The molecule has 0 aliphatic heterocycles. The van der Waals surface area contributed by atoms with Gasteiger partial charge in [-0.2, -0.15) is 0 Å². The zero-order chi connectivity index (χ0) is 14.8. The molecule has 0 saturated heterocycles. The van der Waals surface area contributed by atoms with Crippen LogP contribution in [0, 0.1) is 6.92 Å². The van der Waals surface area contributed by atoms with Crippen molar-refractivity contribution in [3.8, 4) is 5.75 Å². The quantitative estimate of drug-likeness (QED) is 0.838. The fourth-order valence-electron chi connectivity index (χ4n) is 1.66. The van der Waals surface area contributed by atoms with Crippen LogP contribution >= 0.6 is 0 Å². The number of hydrogen-bond donors (Lipinski definition) is 2. The third kappa shape index (κ3) is 3.00. The molecule has 1 aromatic heterocycles. The fourth-order valence-corrected chi connectivity index (χ4v) is 2.67. The van der Waals surface area contributed by atoms with Crippen LogP contribution in [0.1, 0.15) is 5.69 Å². The highest BCUT2D eigenvalue weighted by Crippen LogP contribution is 2.25. The maximum atomic E-state index is 12.2. The molecule has 2 rings (SSSR count). The van der Waals surface area contributed by atoms with E-state index >= 15 is 0 Å². The molecule has 2 aromatic rings. The number of anilines is 2. The number of ether oxygens (including phenoxy) is 1. The summed E-state index contributed by atoms with van der Waals surface area (Å²) in [5, 5.41) is 0. The Morgan fingerprint density at radius 2 is 2.00 bits per heavy atom. The molecule has 0 fully saturated rings. The SMILES string of the molecule is COc1cc(S(=O)(=O)Nc2cccc(C)n2)ccc1N. The van der Waals surface area contributed by atoms with Crippen LogP contribution < -0.4 is 15.2 Å². The molecule has 0 atom stereocenters. The van der Waals surface area contributed by atoms with Crippen LogP contribution in [-0.2, 0) is 10.0 Å². The highest BCUT2D eigenvalue weighted by atomic mass is 32.2. The maximum absolute atomic E-state index is 12.2. The average molecular weight is 293 g/mol. The zero-order valence-corrected chi connectivity index (χ0v) is 11.9. The Balaban J connectivity index is 2.35. The van der Waals surface area contributed by atoms with Crippen LogP contribution in [-0.4, -0.2) is 20.5 Å². The summed E-state index contributed by atoms with van der Waals surface area (Å²) in [5.41, 5.74) is 6.76. The first kappa shape index (κ1) is 14.1.